The van der Waals surface area contributed by atoms with Crippen LogP contribution in [0.4, 0.5) is 19.1 Å². The average Bonchev–Trinajstić information content (AvgIpc) is 3.48. The van der Waals surface area contributed by atoms with Gasteiger partial charge >= 0.3 is 6.18 Å². The predicted molar refractivity (Wildman–Crippen MR) is 113 cm³/mol. The topological polar surface area (TPSA) is 81.9 Å². The maximum Gasteiger partial charge on any atom is 0.391 e. The van der Waals surface area contributed by atoms with Gasteiger partial charge in [-0.15, -0.1) is 0 Å². The zero-order valence-corrected chi connectivity index (χ0v) is 18.2. The van der Waals surface area contributed by atoms with Crippen molar-refractivity contribution in [1.82, 2.24) is 29.7 Å². The molecule has 0 radical (unpaired) electrons. The van der Waals surface area contributed by atoms with Crippen LogP contribution in [0.15, 0.2) is 18.6 Å². The lowest BCUT2D eigenvalue weighted by Crippen LogP contribution is -2.40. The Balaban J connectivity index is 1.30. The zero-order chi connectivity index (χ0) is 22.7. The third-order valence-electron chi connectivity index (χ3n) is 6.79. The molecule has 8 nitrogen and oxygen atoms in total. The molecule has 11 heteroatoms. The van der Waals surface area contributed by atoms with E-state index in [9.17, 15) is 13.2 Å². The van der Waals surface area contributed by atoms with E-state index < -0.39 is 12.1 Å². The smallest absolute Gasteiger partial charge is 0.370 e. The van der Waals surface area contributed by atoms with Crippen molar-refractivity contribution in [2.75, 3.05) is 24.6 Å². The minimum Gasteiger partial charge on any atom is -0.370 e. The van der Waals surface area contributed by atoms with Gasteiger partial charge in [-0.3, -0.25) is 4.68 Å². The largest absolute Gasteiger partial charge is 0.391 e. The molecule has 1 saturated heterocycles. The normalized spacial score (nSPS) is 25.9. The molecule has 0 amide bonds. The molecule has 0 aromatic carbocycles. The van der Waals surface area contributed by atoms with Crippen molar-refractivity contribution in [3.63, 3.8) is 0 Å². The van der Waals surface area contributed by atoms with E-state index in [-0.39, 0.29) is 24.9 Å². The number of morpholine rings is 1. The van der Waals surface area contributed by atoms with E-state index in [1.807, 2.05) is 28.9 Å². The van der Waals surface area contributed by atoms with E-state index in [1.165, 1.54) is 0 Å². The third kappa shape index (κ3) is 3.92. The van der Waals surface area contributed by atoms with E-state index in [0.29, 0.717) is 54.2 Å². The number of hydrogen-bond acceptors (Lipinski definition) is 7. The van der Waals surface area contributed by atoms with Crippen LogP contribution >= 0.6 is 0 Å². The van der Waals surface area contributed by atoms with Crippen LogP contribution in [-0.4, -0.2) is 55.6 Å². The second-order valence-electron chi connectivity index (χ2n) is 9.29. The fourth-order valence-corrected chi connectivity index (χ4v) is 4.63. The molecule has 1 atom stereocenters. The standard InChI is InChI=1S/C22H24F3N7O/c1-12-8-26-19-18(13-6-15(7-13)22(23,24)25)29-21(30-20(19)28-12)31-4-5-33-17(11-31)14-9-27-32(10-14)16-2-3-16/h8-10,13,15-17H,2-7,11H2,1H3/t13-,15-,17-/m1/s1. The molecule has 0 N–H and O–H groups in total. The summed E-state index contributed by atoms with van der Waals surface area (Å²) < 4.78 is 47.3. The summed E-state index contributed by atoms with van der Waals surface area (Å²) in [5.41, 5.74) is 3.19. The van der Waals surface area contributed by atoms with Gasteiger partial charge in [0.25, 0.3) is 0 Å². The van der Waals surface area contributed by atoms with Crippen molar-refractivity contribution < 1.29 is 17.9 Å². The number of ether oxygens (including phenoxy) is 1. The Kier molecular flexibility index (Phi) is 4.79. The second kappa shape index (κ2) is 7.61. The van der Waals surface area contributed by atoms with Crippen LogP contribution in [0.3, 0.4) is 0 Å². The molecule has 0 spiro atoms. The van der Waals surface area contributed by atoms with Gasteiger partial charge in [0.15, 0.2) is 5.65 Å². The van der Waals surface area contributed by atoms with Gasteiger partial charge in [-0.05, 0) is 32.6 Å². The van der Waals surface area contributed by atoms with E-state index in [1.54, 1.807) is 6.20 Å². The van der Waals surface area contributed by atoms with Crippen molar-refractivity contribution in [1.29, 1.82) is 0 Å². The van der Waals surface area contributed by atoms with Crippen LogP contribution in [0.2, 0.25) is 0 Å². The van der Waals surface area contributed by atoms with E-state index in [2.05, 4.69) is 20.1 Å². The monoisotopic (exact) mass is 459 g/mol. The summed E-state index contributed by atoms with van der Waals surface area (Å²) >= 11 is 0. The van der Waals surface area contributed by atoms with Crippen molar-refractivity contribution >= 4 is 17.1 Å². The van der Waals surface area contributed by atoms with Crippen LogP contribution in [-0.2, 0) is 4.74 Å². The first kappa shape index (κ1) is 20.8. The first-order valence-corrected chi connectivity index (χ1v) is 11.3. The minimum absolute atomic E-state index is 0.0245. The summed E-state index contributed by atoms with van der Waals surface area (Å²) in [6, 6.07) is 0.495. The second-order valence-corrected chi connectivity index (χ2v) is 9.29. The lowest BCUT2D eigenvalue weighted by molar-refractivity contribution is -0.197. The van der Waals surface area contributed by atoms with E-state index in [4.69, 9.17) is 9.72 Å². The minimum atomic E-state index is -4.17. The molecule has 2 aliphatic carbocycles. The summed E-state index contributed by atoms with van der Waals surface area (Å²) in [5.74, 6) is -1.12. The van der Waals surface area contributed by atoms with Crippen molar-refractivity contribution in [3.05, 3.63) is 35.5 Å². The molecule has 3 fully saturated rings. The molecule has 33 heavy (non-hydrogen) atoms. The van der Waals surface area contributed by atoms with Gasteiger partial charge in [0.2, 0.25) is 5.95 Å². The molecule has 6 rings (SSSR count). The molecule has 1 aliphatic heterocycles. The van der Waals surface area contributed by atoms with Gasteiger partial charge in [0, 0.05) is 30.4 Å². The summed E-state index contributed by atoms with van der Waals surface area (Å²) in [5, 5.41) is 4.46. The lowest BCUT2D eigenvalue weighted by atomic mass is 9.72. The lowest BCUT2D eigenvalue weighted by Gasteiger charge is -2.37. The highest BCUT2D eigenvalue weighted by molar-refractivity contribution is 5.74. The van der Waals surface area contributed by atoms with Crippen molar-refractivity contribution in [2.45, 2.75) is 56.8 Å². The first-order valence-electron chi connectivity index (χ1n) is 11.3. The number of alkyl halides is 3. The van der Waals surface area contributed by atoms with Crippen molar-refractivity contribution in [3.8, 4) is 0 Å². The van der Waals surface area contributed by atoms with Crippen LogP contribution in [0.25, 0.3) is 11.2 Å². The highest BCUT2D eigenvalue weighted by Gasteiger charge is 2.49. The molecule has 0 unspecified atom stereocenters. The highest BCUT2D eigenvalue weighted by atomic mass is 19.4. The number of aromatic nitrogens is 6. The molecule has 3 aromatic heterocycles. The molecule has 174 valence electrons. The van der Waals surface area contributed by atoms with Crippen LogP contribution in [0, 0.1) is 12.8 Å². The van der Waals surface area contributed by atoms with Gasteiger partial charge in [0.05, 0.1) is 42.7 Å². The molecular formula is C22H24F3N7O. The Labute approximate surface area is 188 Å². The number of fused-ring (bicyclic) bond motifs is 1. The molecular weight excluding hydrogens is 435 g/mol. The quantitative estimate of drug-likeness (QED) is 0.585. The average molecular weight is 459 g/mol. The Morgan fingerprint density at radius 2 is 1.91 bits per heavy atom. The summed E-state index contributed by atoms with van der Waals surface area (Å²) in [7, 11) is 0. The fourth-order valence-electron chi connectivity index (χ4n) is 4.63. The SMILES string of the molecule is Cc1cnc2c(n1)nc(N1CCO[C@@H](c3cnn(C4CC4)c3)C1)nc2[C@H]1C[C@H](C(F)(F)F)C1. The number of aryl methyl sites for hydroxylation is 1. The van der Waals surface area contributed by atoms with Crippen LogP contribution in [0.1, 0.15) is 60.7 Å². The maximum absolute atomic E-state index is 13.1. The van der Waals surface area contributed by atoms with Crippen LogP contribution in [0.5, 0.6) is 0 Å². The summed E-state index contributed by atoms with van der Waals surface area (Å²) in [4.78, 5) is 20.3. The summed E-state index contributed by atoms with van der Waals surface area (Å²) in [6.45, 7) is 3.44. The Morgan fingerprint density at radius 3 is 2.67 bits per heavy atom. The maximum atomic E-state index is 13.1. The molecule has 4 heterocycles. The number of halogens is 3. The number of anilines is 1. The number of rotatable bonds is 4. The zero-order valence-electron chi connectivity index (χ0n) is 18.2. The van der Waals surface area contributed by atoms with Gasteiger partial charge < -0.3 is 9.64 Å². The Morgan fingerprint density at radius 1 is 1.09 bits per heavy atom. The number of nitrogens with zero attached hydrogens (tertiary/aromatic N) is 7. The van der Waals surface area contributed by atoms with Gasteiger partial charge in [-0.2, -0.15) is 23.3 Å². The van der Waals surface area contributed by atoms with Crippen molar-refractivity contribution in [2.24, 2.45) is 5.92 Å². The molecule has 3 aromatic rings. The highest BCUT2D eigenvalue weighted by Crippen LogP contribution is 2.50. The molecule has 2 saturated carbocycles. The first-order chi connectivity index (χ1) is 15.8. The van der Waals surface area contributed by atoms with E-state index in [0.717, 1.165) is 18.4 Å². The Hall–Kier alpha value is -2.82. The Bertz CT molecular complexity index is 1190. The van der Waals surface area contributed by atoms with Gasteiger partial charge in [-0.25, -0.2) is 15.0 Å². The number of hydrogen-bond donors (Lipinski definition) is 0. The van der Waals surface area contributed by atoms with Crippen LogP contribution < -0.4 is 4.90 Å². The fraction of sp³-hybridized carbons (Fsp3) is 0.591. The van der Waals surface area contributed by atoms with Gasteiger partial charge in [0.1, 0.15) is 11.6 Å². The van der Waals surface area contributed by atoms with E-state index >= 15 is 0 Å². The third-order valence-corrected chi connectivity index (χ3v) is 6.79. The predicted octanol–water partition coefficient (Wildman–Crippen LogP) is 3.89. The summed E-state index contributed by atoms with van der Waals surface area (Å²) in [6.07, 6.45) is 3.51. The van der Waals surface area contributed by atoms with Gasteiger partial charge in [-0.1, -0.05) is 0 Å². The molecule has 3 aliphatic rings. The molecule has 0 bridgehead atoms.